The second kappa shape index (κ2) is 15.2. The van der Waals surface area contributed by atoms with E-state index in [1.807, 2.05) is 7.11 Å². The average molecular weight is 381 g/mol. The van der Waals surface area contributed by atoms with Gasteiger partial charge in [0.05, 0.1) is 12.1 Å². The maximum atomic E-state index is 8.00. The number of methoxy groups -OCH3 is 1. The number of hydrogen-bond acceptors (Lipinski definition) is 2. The third kappa shape index (κ3) is 7.05. The van der Waals surface area contributed by atoms with Crippen LogP contribution in [0.3, 0.4) is 0 Å². The number of hydrogen-bond donors (Lipinski definition) is 0. The van der Waals surface area contributed by atoms with E-state index in [1.165, 1.54) is 11.1 Å². The maximum Gasteiger partial charge on any atom is 0.0710 e. The first-order chi connectivity index (χ1) is 12.9. The molecule has 0 aromatic heterocycles. The molecule has 1 heterocycles. The monoisotopic (exact) mass is 381 g/mol. The molecule has 1 fully saturated rings. The Labute approximate surface area is 148 Å². The molecule has 0 N–H and O–H groups in total. The van der Waals surface area contributed by atoms with Crippen LogP contribution in [0.15, 0.2) is 60.7 Å². The lowest BCUT2D eigenvalue weighted by Crippen LogP contribution is -2.28. The summed E-state index contributed by atoms with van der Waals surface area (Å²) in [6, 6.07) is 21.8. The van der Waals surface area contributed by atoms with Crippen LogP contribution in [0.1, 0.15) is 23.6 Å². The van der Waals surface area contributed by atoms with Gasteiger partial charge in [-0.05, 0) is 17.5 Å². The summed E-state index contributed by atoms with van der Waals surface area (Å²) in [4.78, 5) is 2.53. The summed E-state index contributed by atoms with van der Waals surface area (Å²) in [6.07, 6.45) is 1.48. The summed E-state index contributed by atoms with van der Waals surface area (Å²) in [6.45, 7) is 2.10. The van der Waals surface area contributed by atoms with Crippen molar-refractivity contribution in [3.8, 4) is 0 Å². The molecule has 146 valence electrons. The van der Waals surface area contributed by atoms with Crippen molar-refractivity contribution in [3.63, 3.8) is 0 Å². The van der Waals surface area contributed by atoms with E-state index >= 15 is 0 Å². The molecule has 3 rings (SSSR count). The van der Waals surface area contributed by atoms with Gasteiger partial charge in [-0.25, -0.2) is 0 Å². The number of nitrogens with zero attached hydrogens (tertiary/aromatic N) is 1. The van der Waals surface area contributed by atoms with Crippen molar-refractivity contribution in [2.45, 2.75) is 18.6 Å². The zero-order chi connectivity index (χ0) is 19.8. The van der Waals surface area contributed by atoms with Crippen LogP contribution >= 0.6 is 0 Å². The fourth-order valence-corrected chi connectivity index (χ4v) is 3.07. The minimum absolute atomic E-state index is 0.331. The van der Waals surface area contributed by atoms with Gasteiger partial charge in [-0.1, -0.05) is 60.7 Å². The Bertz CT molecular complexity index is 506. The van der Waals surface area contributed by atoms with Crippen LogP contribution in [-0.2, 0) is 4.74 Å². The third-order valence-corrected chi connectivity index (χ3v) is 4.11. The Hall–Kier alpha value is -2.06. The molecule has 26 heavy (non-hydrogen) atoms. The van der Waals surface area contributed by atoms with Gasteiger partial charge in [-0.3, -0.25) is 4.90 Å². The van der Waals surface area contributed by atoms with Crippen molar-refractivity contribution in [2.24, 2.45) is 0 Å². The number of benzene rings is 2. The summed E-state index contributed by atoms with van der Waals surface area (Å²) in [5.41, 5.74) is 2.71. The first-order valence-electron chi connectivity index (χ1n) is 7.68. The molecule has 0 bridgehead atoms. The van der Waals surface area contributed by atoms with Gasteiger partial charge in [0.15, 0.2) is 0 Å². The van der Waals surface area contributed by atoms with Gasteiger partial charge in [0.1, 0.15) is 0 Å². The second-order valence-electron chi connectivity index (χ2n) is 5.37. The molecule has 1 aliphatic rings. The summed E-state index contributed by atoms with van der Waals surface area (Å²) >= 11 is 0. The minimum Gasteiger partial charge on any atom is -0.380 e. The molecule has 2 aromatic rings. The zero-order valence-corrected chi connectivity index (χ0v) is 14.2. The highest BCUT2D eigenvalue weighted by Crippen LogP contribution is 2.31. The first-order valence-corrected chi connectivity index (χ1v) is 7.68. The summed E-state index contributed by atoms with van der Waals surface area (Å²) in [5.74, 6) is 0. The second-order valence-corrected chi connectivity index (χ2v) is 5.37. The lowest BCUT2D eigenvalue weighted by molar-refractivity contribution is 0.104. The largest absolute Gasteiger partial charge is 0.380 e. The van der Waals surface area contributed by atoms with Gasteiger partial charge in [-0.15, -0.1) is 0 Å². The average Bonchev–Trinajstić information content (AvgIpc) is 3.23. The Balaban J connectivity index is 0.000000948. The van der Waals surface area contributed by atoms with E-state index in [9.17, 15) is 0 Å². The van der Waals surface area contributed by atoms with Crippen molar-refractivity contribution in [1.82, 2.24) is 4.90 Å². The highest BCUT2D eigenvalue weighted by molar-refractivity contribution is 5.32. The summed E-state index contributed by atoms with van der Waals surface area (Å²) in [7, 11) is 1.81. The molecule has 1 atom stereocenters. The van der Waals surface area contributed by atoms with Gasteiger partial charge in [0.25, 0.3) is 0 Å². The molecule has 0 amide bonds. The molecular formula is C18H21F6NO. The van der Waals surface area contributed by atoms with Crippen LogP contribution in [0.4, 0.5) is 27.4 Å². The lowest BCUT2D eigenvalue weighted by Gasteiger charge is -2.28. The quantitative estimate of drug-likeness (QED) is 0.601. The summed E-state index contributed by atoms with van der Waals surface area (Å²) < 4.78 is 53.5. The molecule has 1 unspecified atom stereocenters. The van der Waals surface area contributed by atoms with Crippen molar-refractivity contribution >= 4 is 0 Å². The molecule has 0 radical (unpaired) electrons. The van der Waals surface area contributed by atoms with E-state index in [4.69, 9.17) is 32.2 Å². The van der Waals surface area contributed by atoms with Crippen LogP contribution in [0, 0.1) is 0 Å². The van der Waals surface area contributed by atoms with Crippen molar-refractivity contribution in [3.05, 3.63) is 71.8 Å². The van der Waals surface area contributed by atoms with Crippen LogP contribution in [0.5, 0.6) is 0 Å². The third-order valence-electron chi connectivity index (χ3n) is 4.11. The fourth-order valence-electron chi connectivity index (χ4n) is 3.07. The molecule has 8 heteroatoms. The molecule has 2 aromatic carbocycles. The van der Waals surface area contributed by atoms with E-state index in [2.05, 4.69) is 65.6 Å². The van der Waals surface area contributed by atoms with Gasteiger partial charge in [-0.2, -0.15) is 0 Å². The number of ether oxygens (including phenoxy) is 1. The Kier molecular flexibility index (Phi) is 14.0. The summed E-state index contributed by atoms with van der Waals surface area (Å²) in [5, 5.41) is 0. The van der Waals surface area contributed by atoms with Gasteiger partial charge in [0, 0.05) is 47.6 Å². The van der Waals surface area contributed by atoms with E-state index in [1.54, 1.807) is 0 Å². The van der Waals surface area contributed by atoms with Crippen LogP contribution in [-0.4, -0.2) is 31.2 Å². The molecule has 0 saturated carbocycles. The van der Waals surface area contributed by atoms with Crippen LogP contribution in [0.2, 0.25) is 0 Å². The zero-order valence-electron chi connectivity index (χ0n) is 14.2. The molecule has 1 saturated heterocycles. The SMILES string of the molecule is COC1CCN(C(c2ccccc2)c2ccccc2)C1.FF.FF.FF. The predicted octanol–water partition coefficient (Wildman–Crippen LogP) is 6.02. The maximum absolute atomic E-state index is 8.00. The first kappa shape index (κ1) is 23.9. The van der Waals surface area contributed by atoms with Crippen molar-refractivity contribution < 1.29 is 32.2 Å². The number of halogens is 6. The number of likely N-dealkylation sites (tertiary alicyclic amines) is 1. The van der Waals surface area contributed by atoms with E-state index < -0.39 is 0 Å². The van der Waals surface area contributed by atoms with Gasteiger partial charge in [0.2, 0.25) is 0 Å². The van der Waals surface area contributed by atoms with Gasteiger partial charge >= 0.3 is 0 Å². The van der Waals surface area contributed by atoms with Crippen molar-refractivity contribution in [1.29, 1.82) is 0 Å². The molecule has 2 nitrogen and oxygen atoms in total. The molecular weight excluding hydrogens is 360 g/mol. The van der Waals surface area contributed by atoms with E-state index in [0.717, 1.165) is 19.5 Å². The van der Waals surface area contributed by atoms with Crippen molar-refractivity contribution in [2.75, 3.05) is 20.2 Å². The lowest BCUT2D eigenvalue weighted by atomic mass is 9.97. The van der Waals surface area contributed by atoms with Crippen LogP contribution in [0.25, 0.3) is 0 Å². The molecule has 0 aliphatic carbocycles. The Morgan fingerprint density at radius 2 is 1.23 bits per heavy atom. The van der Waals surface area contributed by atoms with Gasteiger partial charge < -0.3 is 4.74 Å². The standard InChI is InChI=1S/C18H21NO.3F2/c1-20-17-12-13-19(14-17)18(15-8-4-2-5-9-15)16-10-6-3-7-11-16;3*1-2/h2-11,17-18H,12-14H2,1H3;;;. The minimum atomic E-state index is 0.331. The van der Waals surface area contributed by atoms with E-state index in [0.29, 0.717) is 12.1 Å². The van der Waals surface area contributed by atoms with Crippen LogP contribution < -0.4 is 0 Å². The highest BCUT2D eigenvalue weighted by Gasteiger charge is 2.29. The molecule has 0 spiro atoms. The van der Waals surface area contributed by atoms with E-state index in [-0.39, 0.29) is 0 Å². The normalized spacial score (nSPS) is 15.8. The smallest absolute Gasteiger partial charge is 0.0710 e. The molecule has 1 aliphatic heterocycles. The number of rotatable bonds is 4. The topological polar surface area (TPSA) is 12.5 Å². The Morgan fingerprint density at radius 3 is 1.58 bits per heavy atom. The predicted molar refractivity (Wildman–Crippen MR) is 88.4 cm³/mol. The highest BCUT2D eigenvalue weighted by atomic mass is 20.0. The Morgan fingerprint density at radius 1 is 0.808 bits per heavy atom. The fraction of sp³-hybridized carbons (Fsp3) is 0.333.